The smallest absolute Gasteiger partial charge is 0.449 e. The largest absolute Gasteiger partial charge is 0.511 e. The Bertz CT molecular complexity index is 1100. The Kier molecular flexibility index (Phi) is 4.76. The summed E-state index contributed by atoms with van der Waals surface area (Å²) in [5.41, 5.74) is 6.42. The maximum atomic E-state index is 15.3. The van der Waals surface area contributed by atoms with Crippen LogP contribution in [0.1, 0.15) is 38.3 Å². The summed E-state index contributed by atoms with van der Waals surface area (Å²) in [7, 11) is 0. The molecule has 162 valence electrons. The lowest BCUT2D eigenvalue weighted by Gasteiger charge is -2.26. The zero-order valence-electron chi connectivity index (χ0n) is 17.1. The fraction of sp³-hybridized carbons (Fsp3) is 0.524. The van der Waals surface area contributed by atoms with E-state index in [1.807, 2.05) is 18.7 Å². The lowest BCUT2D eigenvalue weighted by atomic mass is 9.88. The van der Waals surface area contributed by atoms with Gasteiger partial charge in [0.15, 0.2) is 5.75 Å². The number of rotatable bonds is 4. The number of aromatic nitrogens is 1. The molecular formula is C21H25F2N3O4. The van der Waals surface area contributed by atoms with Crippen LogP contribution >= 0.6 is 0 Å². The number of anilines is 1. The minimum atomic E-state index is -1.66. The van der Waals surface area contributed by atoms with Gasteiger partial charge in [-0.05, 0) is 37.8 Å². The molecule has 1 aliphatic heterocycles. The number of nitrogens with two attached hydrogens (primary N) is 1. The molecule has 30 heavy (non-hydrogen) atoms. The van der Waals surface area contributed by atoms with Crippen LogP contribution in [0, 0.1) is 18.7 Å². The van der Waals surface area contributed by atoms with E-state index in [4.69, 9.17) is 10.8 Å². The van der Waals surface area contributed by atoms with E-state index in [2.05, 4.69) is 4.74 Å². The van der Waals surface area contributed by atoms with Crippen LogP contribution in [-0.2, 0) is 0 Å². The number of benzene rings is 1. The second-order valence-corrected chi connectivity index (χ2v) is 8.64. The average molecular weight is 421 g/mol. The van der Waals surface area contributed by atoms with Gasteiger partial charge in [0.25, 0.3) is 0 Å². The number of carboxylic acid groups (broad SMARTS) is 1. The van der Waals surface area contributed by atoms with Crippen molar-refractivity contribution in [3.05, 3.63) is 33.9 Å². The molecule has 2 unspecified atom stereocenters. The summed E-state index contributed by atoms with van der Waals surface area (Å²) in [4.78, 5) is 25.6. The topological polar surface area (TPSA) is 97.8 Å². The zero-order chi connectivity index (χ0) is 22.0. The van der Waals surface area contributed by atoms with E-state index in [9.17, 15) is 14.0 Å². The highest BCUT2D eigenvalue weighted by atomic mass is 19.1. The van der Waals surface area contributed by atoms with Gasteiger partial charge < -0.3 is 25.0 Å². The number of halogens is 2. The van der Waals surface area contributed by atoms with Crippen molar-refractivity contribution >= 4 is 22.7 Å². The van der Waals surface area contributed by atoms with E-state index < -0.39 is 40.9 Å². The van der Waals surface area contributed by atoms with E-state index in [1.54, 1.807) is 6.92 Å². The molecule has 9 heteroatoms. The summed E-state index contributed by atoms with van der Waals surface area (Å²) in [5, 5.41) is 8.88. The van der Waals surface area contributed by atoms with Gasteiger partial charge >= 0.3 is 6.16 Å². The third-order valence-electron chi connectivity index (χ3n) is 6.40. The Hall–Kier alpha value is -2.68. The summed E-state index contributed by atoms with van der Waals surface area (Å²) < 4.78 is 35.3. The molecule has 2 heterocycles. The molecule has 1 aromatic carbocycles. The van der Waals surface area contributed by atoms with Crippen molar-refractivity contribution in [1.29, 1.82) is 0 Å². The first-order valence-electron chi connectivity index (χ1n) is 10.0. The molecule has 7 nitrogen and oxygen atoms in total. The lowest BCUT2D eigenvalue weighted by Crippen LogP contribution is -2.44. The second-order valence-electron chi connectivity index (χ2n) is 8.64. The first kappa shape index (κ1) is 20.6. The standard InChI is InChI=1S/C21H25F2N3O4/c1-4-11-7-25(9-21(11,3)24)18-10(2)17-12(5-14(18)23)19(27)16(30-20(28)29)8-26(17)15-6-13(15)22/h5,8,11,13,15H,4,6-7,9,24H2,1-3H3,(H,28,29)/t11?,13-,15+,21?/m0/s1. The van der Waals surface area contributed by atoms with E-state index >= 15 is 4.39 Å². The highest BCUT2D eigenvalue weighted by Gasteiger charge is 2.42. The van der Waals surface area contributed by atoms with Crippen LogP contribution in [0.2, 0.25) is 0 Å². The summed E-state index contributed by atoms with van der Waals surface area (Å²) in [6, 6.07) is 0.538. The van der Waals surface area contributed by atoms with Gasteiger partial charge in [0.05, 0.1) is 28.8 Å². The third-order valence-corrected chi connectivity index (χ3v) is 6.40. The van der Waals surface area contributed by atoms with Gasteiger partial charge in [-0.1, -0.05) is 6.92 Å². The molecule has 1 saturated carbocycles. The summed E-state index contributed by atoms with van der Waals surface area (Å²) in [6.45, 7) is 6.70. The lowest BCUT2D eigenvalue weighted by molar-refractivity contribution is 0.143. The number of ether oxygens (including phenoxy) is 1. The van der Waals surface area contributed by atoms with Crippen LogP contribution in [-0.4, -0.2) is 40.6 Å². The van der Waals surface area contributed by atoms with Crippen molar-refractivity contribution in [2.75, 3.05) is 18.0 Å². The van der Waals surface area contributed by atoms with Crippen molar-refractivity contribution in [3.63, 3.8) is 0 Å². The van der Waals surface area contributed by atoms with Crippen molar-refractivity contribution in [2.45, 2.75) is 51.4 Å². The van der Waals surface area contributed by atoms with Gasteiger partial charge in [0.2, 0.25) is 5.43 Å². The van der Waals surface area contributed by atoms with E-state index in [0.29, 0.717) is 29.9 Å². The minimum Gasteiger partial charge on any atom is -0.449 e. The maximum Gasteiger partial charge on any atom is 0.511 e. The average Bonchev–Trinajstić information content (AvgIpc) is 3.28. The second kappa shape index (κ2) is 6.94. The normalized spacial score (nSPS) is 28.2. The number of hydrogen-bond donors (Lipinski definition) is 2. The summed E-state index contributed by atoms with van der Waals surface area (Å²) in [6.07, 6.45) is -0.485. The molecule has 1 saturated heterocycles. The van der Waals surface area contributed by atoms with Gasteiger partial charge in [-0.15, -0.1) is 0 Å². The zero-order valence-corrected chi connectivity index (χ0v) is 17.1. The number of nitrogens with zero attached hydrogens (tertiary/aromatic N) is 2. The summed E-state index contributed by atoms with van der Waals surface area (Å²) in [5.74, 6) is -0.891. The van der Waals surface area contributed by atoms with Gasteiger partial charge in [-0.25, -0.2) is 13.6 Å². The van der Waals surface area contributed by atoms with Crippen molar-refractivity contribution in [1.82, 2.24) is 4.57 Å². The number of carbonyl (C=O) groups is 1. The monoisotopic (exact) mass is 421 g/mol. The first-order chi connectivity index (χ1) is 14.0. The molecule has 1 aliphatic carbocycles. The third kappa shape index (κ3) is 3.21. The van der Waals surface area contributed by atoms with Crippen molar-refractivity contribution < 1.29 is 23.4 Å². The van der Waals surface area contributed by atoms with Crippen molar-refractivity contribution in [3.8, 4) is 5.75 Å². The molecule has 1 aromatic heterocycles. The molecule has 0 amide bonds. The van der Waals surface area contributed by atoms with Crippen LogP contribution in [0.4, 0.5) is 19.3 Å². The van der Waals surface area contributed by atoms with E-state index in [-0.39, 0.29) is 17.7 Å². The van der Waals surface area contributed by atoms with Gasteiger partial charge in [-0.3, -0.25) is 4.79 Å². The van der Waals surface area contributed by atoms with E-state index in [0.717, 1.165) is 12.5 Å². The van der Waals surface area contributed by atoms with Crippen molar-refractivity contribution in [2.24, 2.45) is 11.7 Å². The number of fused-ring (bicyclic) bond motifs is 1. The number of hydrogen-bond acceptors (Lipinski definition) is 5. The van der Waals surface area contributed by atoms with Gasteiger partial charge in [0, 0.05) is 25.0 Å². The Balaban J connectivity index is 1.94. The van der Waals surface area contributed by atoms with Crippen LogP contribution in [0.25, 0.3) is 10.9 Å². The van der Waals surface area contributed by atoms with Crippen LogP contribution < -0.4 is 20.8 Å². The number of aryl methyl sites for hydroxylation is 1. The Morgan fingerprint density at radius 3 is 2.67 bits per heavy atom. The quantitative estimate of drug-likeness (QED) is 0.735. The van der Waals surface area contributed by atoms with Gasteiger partial charge in [0.1, 0.15) is 12.0 Å². The van der Waals surface area contributed by atoms with Crippen LogP contribution in [0.5, 0.6) is 5.75 Å². The predicted octanol–water partition coefficient (Wildman–Crippen LogP) is 3.35. The molecule has 0 spiro atoms. The first-order valence-corrected chi connectivity index (χ1v) is 10.0. The Morgan fingerprint density at radius 2 is 2.13 bits per heavy atom. The van der Waals surface area contributed by atoms with E-state index in [1.165, 1.54) is 10.8 Å². The fourth-order valence-corrected chi connectivity index (χ4v) is 4.75. The molecule has 3 N–H and O–H groups in total. The predicted molar refractivity (Wildman–Crippen MR) is 109 cm³/mol. The Morgan fingerprint density at radius 1 is 1.47 bits per heavy atom. The molecule has 0 bridgehead atoms. The molecule has 0 radical (unpaired) electrons. The Labute approximate surface area is 172 Å². The fourth-order valence-electron chi connectivity index (χ4n) is 4.75. The number of alkyl halides is 1. The maximum absolute atomic E-state index is 15.3. The number of pyridine rings is 1. The van der Waals surface area contributed by atoms with Gasteiger partial charge in [-0.2, -0.15) is 0 Å². The molecule has 2 fully saturated rings. The molecular weight excluding hydrogens is 396 g/mol. The van der Waals surface area contributed by atoms with Crippen LogP contribution in [0.15, 0.2) is 17.1 Å². The highest BCUT2D eigenvalue weighted by molar-refractivity contribution is 5.89. The summed E-state index contributed by atoms with van der Waals surface area (Å²) >= 11 is 0. The highest BCUT2D eigenvalue weighted by Crippen LogP contribution is 2.44. The molecule has 4 atom stereocenters. The molecule has 2 aromatic rings. The molecule has 4 rings (SSSR count). The minimum absolute atomic E-state index is 0.0339. The SMILES string of the molecule is CCC1CN(c2c(F)cc3c(=O)c(OC(=O)O)cn([C@@H]4C[C@@H]4F)c3c2C)CC1(C)N. The molecule has 2 aliphatic rings. The van der Waals surface area contributed by atoms with Crippen LogP contribution in [0.3, 0.4) is 0 Å².